The lowest BCUT2D eigenvalue weighted by Crippen LogP contribution is -2.03. The molecule has 0 N–H and O–H groups in total. The van der Waals surface area contributed by atoms with Crippen LogP contribution in [0.25, 0.3) is 0 Å². The Kier molecular flexibility index (Phi) is 5.42. The number of thiazole rings is 1. The van der Waals surface area contributed by atoms with E-state index in [1.165, 1.54) is 18.4 Å². The number of hydrogen-bond donors (Lipinski definition) is 0. The molecule has 0 aliphatic carbocycles. The van der Waals surface area contributed by atoms with Gasteiger partial charge in [-0.2, -0.15) is 0 Å². The third-order valence-corrected chi connectivity index (χ3v) is 3.17. The van der Waals surface area contributed by atoms with E-state index in [1.54, 1.807) is 6.20 Å². The van der Waals surface area contributed by atoms with Crippen molar-refractivity contribution in [3.05, 3.63) is 16.1 Å². The number of carbonyl (C=O) groups excluding carboxylic acids is 1. The van der Waals surface area contributed by atoms with Crippen molar-refractivity contribution >= 4 is 17.3 Å². The molecule has 1 heterocycles. The zero-order chi connectivity index (χ0) is 12.0. The molecule has 0 fully saturated rings. The molecule has 90 valence electrons. The van der Waals surface area contributed by atoms with Crippen LogP contribution in [0.2, 0.25) is 0 Å². The lowest BCUT2D eigenvalue weighted by molar-refractivity contribution is 0.0555. The predicted molar refractivity (Wildman–Crippen MR) is 62.7 cm³/mol. The van der Waals surface area contributed by atoms with Gasteiger partial charge in [0.05, 0.1) is 13.3 Å². The van der Waals surface area contributed by atoms with Crippen molar-refractivity contribution in [2.75, 3.05) is 13.7 Å². The van der Waals surface area contributed by atoms with Crippen LogP contribution in [-0.4, -0.2) is 24.7 Å². The van der Waals surface area contributed by atoms with E-state index < -0.39 is 0 Å². The molecule has 1 rings (SSSR count). The number of ether oxygens (including phenoxy) is 2. The van der Waals surface area contributed by atoms with Crippen molar-refractivity contribution in [3.8, 4) is 0 Å². The van der Waals surface area contributed by atoms with Crippen molar-refractivity contribution < 1.29 is 14.3 Å². The van der Waals surface area contributed by atoms with Crippen LogP contribution in [0.4, 0.5) is 0 Å². The monoisotopic (exact) mass is 243 g/mol. The minimum absolute atomic E-state index is 0.00148. The molecule has 0 aliphatic heterocycles. The second-order valence-corrected chi connectivity index (χ2v) is 4.35. The minimum atomic E-state index is -0.338. The largest absolute Gasteiger partial charge is 0.465 e. The predicted octanol–water partition coefficient (Wildman–Crippen LogP) is 2.81. The highest BCUT2D eigenvalue weighted by Gasteiger charge is 2.17. The molecule has 0 amide bonds. The van der Waals surface area contributed by atoms with E-state index in [0.717, 1.165) is 17.8 Å². The summed E-state index contributed by atoms with van der Waals surface area (Å²) < 4.78 is 10.2. The first-order valence-corrected chi connectivity index (χ1v) is 6.20. The molecular weight excluding hydrogens is 226 g/mol. The van der Waals surface area contributed by atoms with Crippen molar-refractivity contribution in [1.29, 1.82) is 0 Å². The third kappa shape index (κ3) is 3.28. The normalized spacial score (nSPS) is 12.4. The summed E-state index contributed by atoms with van der Waals surface area (Å²) in [5, 5.41) is 0.851. The lowest BCUT2D eigenvalue weighted by atomic mass is 10.2. The lowest BCUT2D eigenvalue weighted by Gasteiger charge is -2.12. The zero-order valence-corrected chi connectivity index (χ0v) is 10.7. The molecule has 4 nitrogen and oxygen atoms in total. The Morgan fingerprint density at radius 3 is 2.88 bits per heavy atom. The number of aromatic nitrogens is 1. The average molecular weight is 243 g/mol. The topological polar surface area (TPSA) is 48.4 Å². The van der Waals surface area contributed by atoms with Gasteiger partial charge in [-0.05, 0) is 13.3 Å². The second kappa shape index (κ2) is 6.60. The maximum absolute atomic E-state index is 11.3. The number of hydrogen-bond acceptors (Lipinski definition) is 5. The molecule has 0 saturated heterocycles. The van der Waals surface area contributed by atoms with E-state index in [9.17, 15) is 4.79 Å². The summed E-state index contributed by atoms with van der Waals surface area (Å²) in [5.41, 5.74) is 0. The van der Waals surface area contributed by atoms with Crippen molar-refractivity contribution in [2.45, 2.75) is 32.8 Å². The summed E-state index contributed by atoms with van der Waals surface area (Å²) in [6, 6.07) is 0. The highest BCUT2D eigenvalue weighted by atomic mass is 32.1. The summed E-state index contributed by atoms with van der Waals surface area (Å²) in [6.07, 6.45) is 3.49. The molecule has 0 aliphatic rings. The van der Waals surface area contributed by atoms with Gasteiger partial charge < -0.3 is 9.47 Å². The zero-order valence-electron chi connectivity index (χ0n) is 9.86. The Morgan fingerprint density at radius 2 is 2.31 bits per heavy atom. The van der Waals surface area contributed by atoms with E-state index in [-0.39, 0.29) is 12.1 Å². The van der Waals surface area contributed by atoms with Crippen molar-refractivity contribution in [3.63, 3.8) is 0 Å². The van der Waals surface area contributed by atoms with Gasteiger partial charge in [-0.25, -0.2) is 9.78 Å². The first-order chi connectivity index (χ1) is 7.72. The molecular formula is C11H17NO3S. The molecule has 1 aromatic heterocycles. The van der Waals surface area contributed by atoms with Gasteiger partial charge in [0.2, 0.25) is 0 Å². The van der Waals surface area contributed by atoms with Crippen LogP contribution in [0.5, 0.6) is 0 Å². The number of esters is 1. The fourth-order valence-electron chi connectivity index (χ4n) is 1.37. The SMILES string of the molecule is CCCC(OCC)c1ncc(C(=O)OC)s1. The first-order valence-electron chi connectivity index (χ1n) is 5.38. The highest BCUT2D eigenvalue weighted by Crippen LogP contribution is 2.27. The van der Waals surface area contributed by atoms with Crippen LogP contribution in [0.3, 0.4) is 0 Å². The van der Waals surface area contributed by atoms with E-state index in [2.05, 4.69) is 16.6 Å². The molecule has 0 aromatic carbocycles. The van der Waals surface area contributed by atoms with Gasteiger partial charge in [-0.3, -0.25) is 0 Å². The van der Waals surface area contributed by atoms with E-state index >= 15 is 0 Å². The number of methoxy groups -OCH3 is 1. The summed E-state index contributed by atoms with van der Waals surface area (Å²) in [7, 11) is 1.37. The molecule has 1 unspecified atom stereocenters. The fourth-order valence-corrected chi connectivity index (χ4v) is 2.29. The van der Waals surface area contributed by atoms with Gasteiger partial charge in [0.1, 0.15) is 16.0 Å². The minimum Gasteiger partial charge on any atom is -0.465 e. The summed E-state index contributed by atoms with van der Waals surface area (Å²) in [6.45, 7) is 4.70. The summed E-state index contributed by atoms with van der Waals surface area (Å²) in [5.74, 6) is -0.338. The van der Waals surface area contributed by atoms with Crippen molar-refractivity contribution in [2.24, 2.45) is 0 Å². The maximum Gasteiger partial charge on any atom is 0.349 e. The molecule has 0 spiro atoms. The van der Waals surface area contributed by atoms with Crippen LogP contribution in [0.15, 0.2) is 6.20 Å². The Hall–Kier alpha value is -0.940. The summed E-state index contributed by atoms with van der Waals surface area (Å²) >= 11 is 1.34. The second-order valence-electron chi connectivity index (χ2n) is 3.29. The van der Waals surface area contributed by atoms with E-state index in [1.807, 2.05) is 6.92 Å². The van der Waals surface area contributed by atoms with E-state index in [4.69, 9.17) is 4.74 Å². The quantitative estimate of drug-likeness (QED) is 0.721. The third-order valence-electron chi connectivity index (χ3n) is 2.10. The van der Waals surface area contributed by atoms with Crippen LogP contribution in [0, 0.1) is 0 Å². The van der Waals surface area contributed by atoms with Crippen molar-refractivity contribution in [1.82, 2.24) is 4.98 Å². The Labute approximate surface area is 99.6 Å². The Morgan fingerprint density at radius 1 is 1.56 bits per heavy atom. The smallest absolute Gasteiger partial charge is 0.349 e. The molecule has 0 bridgehead atoms. The molecule has 1 atom stereocenters. The highest BCUT2D eigenvalue weighted by molar-refractivity contribution is 7.13. The van der Waals surface area contributed by atoms with E-state index in [0.29, 0.717) is 11.5 Å². The van der Waals surface area contributed by atoms with Crippen LogP contribution in [0.1, 0.15) is 47.5 Å². The molecule has 0 radical (unpaired) electrons. The standard InChI is InChI=1S/C11H17NO3S/c1-4-6-8(15-5-2)10-12-7-9(16-10)11(13)14-3/h7-8H,4-6H2,1-3H3. The van der Waals surface area contributed by atoms with Gasteiger partial charge >= 0.3 is 5.97 Å². The first kappa shape index (κ1) is 13.1. The van der Waals surface area contributed by atoms with Gasteiger partial charge in [0.15, 0.2) is 0 Å². The fraction of sp³-hybridized carbons (Fsp3) is 0.636. The van der Waals surface area contributed by atoms with Gasteiger partial charge in [0, 0.05) is 6.61 Å². The molecule has 5 heteroatoms. The molecule has 1 aromatic rings. The van der Waals surface area contributed by atoms with Crippen LogP contribution >= 0.6 is 11.3 Å². The number of carbonyl (C=O) groups is 1. The Bertz CT molecular complexity index is 332. The maximum atomic E-state index is 11.3. The van der Waals surface area contributed by atoms with Crippen LogP contribution < -0.4 is 0 Å². The summed E-state index contributed by atoms with van der Waals surface area (Å²) in [4.78, 5) is 16.0. The van der Waals surface area contributed by atoms with Crippen LogP contribution in [-0.2, 0) is 9.47 Å². The van der Waals surface area contributed by atoms with Gasteiger partial charge in [-0.1, -0.05) is 13.3 Å². The molecule has 0 saturated carbocycles. The van der Waals surface area contributed by atoms with Gasteiger partial charge in [-0.15, -0.1) is 11.3 Å². The molecule has 16 heavy (non-hydrogen) atoms. The van der Waals surface area contributed by atoms with Gasteiger partial charge in [0.25, 0.3) is 0 Å². The number of rotatable bonds is 6. The average Bonchev–Trinajstić information content (AvgIpc) is 2.77. The number of nitrogens with zero attached hydrogens (tertiary/aromatic N) is 1. The Balaban J connectivity index is 2.76.